The van der Waals surface area contributed by atoms with Crippen molar-refractivity contribution in [3.63, 3.8) is 0 Å². The maximum Gasteiger partial charge on any atom is 0.309 e. The van der Waals surface area contributed by atoms with Crippen LogP contribution < -0.4 is 4.74 Å². The molecule has 0 unspecified atom stereocenters. The van der Waals surface area contributed by atoms with E-state index in [1.54, 1.807) is 14.0 Å². The fourth-order valence-corrected chi connectivity index (χ4v) is 3.78. The monoisotopic (exact) mass is 328 g/mol. The van der Waals surface area contributed by atoms with Crippen LogP contribution in [0.15, 0.2) is 30.3 Å². The molecule has 5 nitrogen and oxygen atoms in total. The predicted octanol–water partition coefficient (Wildman–Crippen LogP) is 3.44. The molecule has 5 heteroatoms. The number of hydrogen-bond acceptors (Lipinski definition) is 3. The number of carboxylic acids is 2. The molecular weight excluding hydrogens is 308 g/mol. The molecule has 1 aliphatic rings. The summed E-state index contributed by atoms with van der Waals surface area (Å²) in [6, 6.07) is 9.60. The highest BCUT2D eigenvalue weighted by Crippen LogP contribution is 2.49. The van der Waals surface area contributed by atoms with E-state index in [0.29, 0.717) is 12.8 Å². The summed E-state index contributed by atoms with van der Waals surface area (Å²) >= 11 is 0. The van der Waals surface area contributed by atoms with Gasteiger partial charge in [0.15, 0.2) is 0 Å². The average Bonchev–Trinajstić information content (AvgIpc) is 2.56. The first kappa shape index (κ1) is 16.3. The van der Waals surface area contributed by atoms with Gasteiger partial charge in [0.05, 0.1) is 18.9 Å². The molecule has 2 N–H and O–H groups in total. The Morgan fingerprint density at radius 1 is 1.25 bits per heavy atom. The van der Waals surface area contributed by atoms with Crippen LogP contribution in [0.4, 0.5) is 0 Å². The molecule has 1 aliphatic carbocycles. The van der Waals surface area contributed by atoms with Gasteiger partial charge in [-0.2, -0.15) is 0 Å². The Balaban J connectivity index is 2.22. The van der Waals surface area contributed by atoms with Crippen molar-refractivity contribution in [3.05, 3.63) is 41.5 Å². The van der Waals surface area contributed by atoms with Crippen molar-refractivity contribution in [2.24, 2.45) is 5.41 Å². The van der Waals surface area contributed by atoms with E-state index in [1.165, 1.54) is 0 Å². The lowest BCUT2D eigenvalue weighted by Gasteiger charge is -2.39. The zero-order valence-electron chi connectivity index (χ0n) is 13.7. The Bertz CT molecular complexity index is 826. The third kappa shape index (κ3) is 2.50. The van der Waals surface area contributed by atoms with E-state index < -0.39 is 23.3 Å². The normalized spacial score (nSPS) is 22.8. The molecule has 0 bridgehead atoms. The molecule has 0 fully saturated rings. The number of methoxy groups -OCH3 is 1. The summed E-state index contributed by atoms with van der Waals surface area (Å²) in [4.78, 5) is 23.2. The van der Waals surface area contributed by atoms with E-state index in [1.807, 2.05) is 30.3 Å². The van der Waals surface area contributed by atoms with Crippen molar-refractivity contribution in [1.29, 1.82) is 0 Å². The van der Waals surface area contributed by atoms with Crippen LogP contribution in [-0.4, -0.2) is 29.3 Å². The summed E-state index contributed by atoms with van der Waals surface area (Å²) in [5.41, 5.74) is 0.795. The molecule has 2 aromatic rings. The first-order chi connectivity index (χ1) is 11.4. The highest BCUT2D eigenvalue weighted by atomic mass is 16.5. The minimum absolute atomic E-state index is 0.189. The van der Waals surface area contributed by atoms with Gasteiger partial charge in [-0.15, -0.1) is 0 Å². The van der Waals surface area contributed by atoms with Crippen molar-refractivity contribution < 1.29 is 24.5 Å². The molecule has 24 heavy (non-hydrogen) atoms. The second-order valence-corrected chi connectivity index (χ2v) is 6.59. The van der Waals surface area contributed by atoms with Crippen molar-refractivity contribution in [1.82, 2.24) is 0 Å². The van der Waals surface area contributed by atoms with Crippen molar-refractivity contribution in [2.45, 2.75) is 32.1 Å². The molecule has 0 heterocycles. The maximum absolute atomic E-state index is 11.8. The molecular formula is C19H20O5. The molecule has 3 rings (SSSR count). The topological polar surface area (TPSA) is 83.8 Å². The van der Waals surface area contributed by atoms with Crippen LogP contribution in [0.25, 0.3) is 10.8 Å². The molecule has 0 aliphatic heterocycles. The number of carboxylic acid groups (broad SMARTS) is 2. The number of aliphatic carboxylic acids is 2. The predicted molar refractivity (Wildman–Crippen MR) is 89.6 cm³/mol. The number of hydrogen-bond donors (Lipinski definition) is 2. The fourth-order valence-electron chi connectivity index (χ4n) is 3.78. The highest BCUT2D eigenvalue weighted by molar-refractivity contribution is 5.90. The zero-order chi connectivity index (χ0) is 17.5. The van der Waals surface area contributed by atoms with E-state index >= 15 is 0 Å². The van der Waals surface area contributed by atoms with Gasteiger partial charge in [-0.1, -0.05) is 18.2 Å². The molecule has 0 saturated heterocycles. The second-order valence-electron chi connectivity index (χ2n) is 6.59. The van der Waals surface area contributed by atoms with Gasteiger partial charge in [0.25, 0.3) is 0 Å². The zero-order valence-corrected chi connectivity index (χ0v) is 13.7. The Morgan fingerprint density at radius 2 is 1.96 bits per heavy atom. The Morgan fingerprint density at radius 3 is 2.58 bits per heavy atom. The SMILES string of the molecule is COc1ccc2ccc3c(c2c1)CC[C@@](C)(C(=O)O)[C@H]3CC(=O)O. The maximum atomic E-state index is 11.8. The molecule has 2 aromatic carbocycles. The van der Waals surface area contributed by atoms with Crippen LogP contribution in [0.3, 0.4) is 0 Å². The molecule has 0 spiro atoms. The number of benzene rings is 2. The van der Waals surface area contributed by atoms with E-state index in [9.17, 15) is 19.8 Å². The smallest absolute Gasteiger partial charge is 0.309 e. The van der Waals surface area contributed by atoms with Crippen LogP contribution in [0.5, 0.6) is 5.75 Å². The number of aryl methyl sites for hydroxylation is 1. The van der Waals surface area contributed by atoms with Crippen LogP contribution in [-0.2, 0) is 16.0 Å². The third-order valence-corrected chi connectivity index (χ3v) is 5.28. The number of fused-ring (bicyclic) bond motifs is 3. The van der Waals surface area contributed by atoms with Crippen molar-refractivity contribution >= 4 is 22.7 Å². The van der Waals surface area contributed by atoms with Gasteiger partial charge in [0.1, 0.15) is 5.75 Å². The molecule has 0 saturated carbocycles. The van der Waals surface area contributed by atoms with Crippen LogP contribution in [0.1, 0.15) is 36.8 Å². The lowest BCUT2D eigenvalue weighted by molar-refractivity contribution is -0.151. The summed E-state index contributed by atoms with van der Waals surface area (Å²) in [5.74, 6) is -1.74. The van der Waals surface area contributed by atoms with Gasteiger partial charge in [-0.05, 0) is 53.8 Å². The summed E-state index contributed by atoms with van der Waals surface area (Å²) in [5, 5.41) is 21.0. The standard InChI is InChI=1S/C19H20O5/c1-19(18(22)23)8-7-13-14(16(19)10-17(20)21)6-4-11-3-5-12(24-2)9-15(11)13/h3-6,9,16H,7-8,10H2,1-2H3,(H,20,21)(H,22,23)/t16-,19+/m0/s1. The van der Waals surface area contributed by atoms with Gasteiger partial charge in [-0.3, -0.25) is 9.59 Å². The van der Waals surface area contributed by atoms with Gasteiger partial charge in [0, 0.05) is 5.92 Å². The second kappa shape index (κ2) is 5.82. The van der Waals surface area contributed by atoms with Crippen LogP contribution >= 0.6 is 0 Å². The molecule has 0 amide bonds. The van der Waals surface area contributed by atoms with E-state index in [4.69, 9.17) is 4.74 Å². The minimum Gasteiger partial charge on any atom is -0.497 e. The van der Waals surface area contributed by atoms with Crippen LogP contribution in [0.2, 0.25) is 0 Å². The quantitative estimate of drug-likeness (QED) is 0.898. The number of rotatable bonds is 4. The van der Waals surface area contributed by atoms with Gasteiger partial charge in [0.2, 0.25) is 0 Å². The molecule has 0 radical (unpaired) electrons. The van der Waals surface area contributed by atoms with Gasteiger partial charge in [-0.25, -0.2) is 0 Å². The van der Waals surface area contributed by atoms with E-state index in [-0.39, 0.29) is 6.42 Å². The fraction of sp³-hybridized carbons (Fsp3) is 0.368. The molecule has 126 valence electrons. The number of ether oxygens (including phenoxy) is 1. The van der Waals surface area contributed by atoms with Crippen molar-refractivity contribution in [2.75, 3.05) is 7.11 Å². The Kier molecular flexibility index (Phi) is 3.95. The summed E-state index contributed by atoms with van der Waals surface area (Å²) in [6.07, 6.45) is 0.841. The summed E-state index contributed by atoms with van der Waals surface area (Å²) in [6.45, 7) is 1.65. The number of carbonyl (C=O) groups is 2. The van der Waals surface area contributed by atoms with Crippen LogP contribution in [0, 0.1) is 5.41 Å². The third-order valence-electron chi connectivity index (χ3n) is 5.28. The first-order valence-corrected chi connectivity index (χ1v) is 7.91. The van der Waals surface area contributed by atoms with Gasteiger partial charge >= 0.3 is 11.9 Å². The lowest BCUT2D eigenvalue weighted by atomic mass is 9.63. The molecule has 0 aromatic heterocycles. The Hall–Kier alpha value is -2.56. The highest BCUT2D eigenvalue weighted by Gasteiger charge is 2.46. The lowest BCUT2D eigenvalue weighted by Crippen LogP contribution is -2.39. The molecule has 2 atom stereocenters. The Labute approximate surface area is 139 Å². The van der Waals surface area contributed by atoms with Crippen molar-refractivity contribution in [3.8, 4) is 5.75 Å². The largest absolute Gasteiger partial charge is 0.497 e. The summed E-state index contributed by atoms with van der Waals surface area (Å²) in [7, 11) is 1.60. The average molecular weight is 328 g/mol. The van der Waals surface area contributed by atoms with E-state index in [0.717, 1.165) is 27.6 Å². The summed E-state index contributed by atoms with van der Waals surface area (Å²) < 4.78 is 5.30. The van der Waals surface area contributed by atoms with Gasteiger partial charge < -0.3 is 14.9 Å². The van der Waals surface area contributed by atoms with E-state index in [2.05, 4.69) is 0 Å². The minimum atomic E-state index is -1.07. The first-order valence-electron chi connectivity index (χ1n) is 7.91.